The Morgan fingerprint density at radius 3 is 0.867 bits per heavy atom. The molecule has 0 amide bonds. The van der Waals surface area contributed by atoms with Crippen LogP contribution >= 0.6 is 0 Å². The van der Waals surface area contributed by atoms with Crippen LogP contribution in [0.5, 0.6) is 0 Å². The molecule has 0 saturated heterocycles. The van der Waals surface area contributed by atoms with Crippen LogP contribution in [0.1, 0.15) is 290 Å². The van der Waals surface area contributed by atoms with Crippen LogP contribution in [0.2, 0.25) is 0 Å². The van der Waals surface area contributed by atoms with E-state index in [9.17, 15) is 14.4 Å². The molecule has 0 saturated carbocycles. The fourth-order valence-corrected chi connectivity index (χ4v) is 8.53. The smallest absolute Gasteiger partial charge is 0.306 e. The van der Waals surface area contributed by atoms with E-state index in [0.717, 1.165) is 122 Å². The SMILES string of the molecule is CC/C=C\C/C=C\C/C=C\C/C=C\CCCCCCC(=O)O[C@H](COC(=O)CCCCC/C=C\C/C=C\C/C=C\C/C=C\CCCCC)COC(=O)CCCCCCCCCCCCC/C=C\CCCCCCCC. The molecule has 1 atom stereocenters. The predicted molar refractivity (Wildman–Crippen MR) is 325 cm³/mol. The van der Waals surface area contributed by atoms with Gasteiger partial charge in [0.1, 0.15) is 13.2 Å². The van der Waals surface area contributed by atoms with E-state index in [1.54, 1.807) is 0 Å². The van der Waals surface area contributed by atoms with E-state index in [-0.39, 0.29) is 31.1 Å². The molecule has 0 aromatic carbocycles. The Kier molecular flexibility index (Phi) is 59.3. The molecule has 6 nitrogen and oxygen atoms in total. The zero-order valence-electron chi connectivity index (χ0n) is 49.0. The summed E-state index contributed by atoms with van der Waals surface area (Å²) in [7, 11) is 0. The minimum absolute atomic E-state index is 0.0995. The first kappa shape index (κ1) is 71.1. The summed E-state index contributed by atoms with van der Waals surface area (Å²) < 4.78 is 16.9. The van der Waals surface area contributed by atoms with Crippen molar-refractivity contribution in [2.75, 3.05) is 13.2 Å². The average molecular weight is 1040 g/mol. The lowest BCUT2D eigenvalue weighted by atomic mass is 10.0. The average Bonchev–Trinajstić information content (AvgIpc) is 3.41. The third kappa shape index (κ3) is 60.8. The van der Waals surface area contributed by atoms with Gasteiger partial charge in [-0.1, -0.05) is 252 Å². The molecule has 0 rings (SSSR count). The second-order valence-electron chi connectivity index (χ2n) is 20.6. The summed E-state index contributed by atoms with van der Waals surface area (Å²) in [5, 5.41) is 0. The summed E-state index contributed by atoms with van der Waals surface area (Å²) >= 11 is 0. The van der Waals surface area contributed by atoms with Crippen LogP contribution in [-0.4, -0.2) is 37.2 Å². The van der Waals surface area contributed by atoms with Gasteiger partial charge in [0.2, 0.25) is 0 Å². The summed E-state index contributed by atoms with van der Waals surface area (Å²) in [6.07, 6.45) is 85.1. The van der Waals surface area contributed by atoms with Gasteiger partial charge in [-0.15, -0.1) is 0 Å². The van der Waals surface area contributed by atoms with E-state index < -0.39 is 6.10 Å². The Bertz CT molecular complexity index is 1520. The maximum Gasteiger partial charge on any atom is 0.306 e. The Labute approximate surface area is 463 Å². The number of hydrogen-bond donors (Lipinski definition) is 0. The van der Waals surface area contributed by atoms with Crippen molar-refractivity contribution in [1.29, 1.82) is 0 Å². The van der Waals surface area contributed by atoms with Crippen LogP contribution < -0.4 is 0 Å². The lowest BCUT2D eigenvalue weighted by molar-refractivity contribution is -0.167. The molecule has 0 N–H and O–H groups in total. The second-order valence-corrected chi connectivity index (χ2v) is 20.6. The van der Waals surface area contributed by atoms with Gasteiger partial charge in [0, 0.05) is 19.3 Å². The lowest BCUT2D eigenvalue weighted by Gasteiger charge is -2.18. The zero-order chi connectivity index (χ0) is 54.3. The number of carbonyl (C=O) groups excluding carboxylic acids is 3. The van der Waals surface area contributed by atoms with Gasteiger partial charge in [-0.3, -0.25) is 14.4 Å². The Morgan fingerprint density at radius 2 is 0.520 bits per heavy atom. The van der Waals surface area contributed by atoms with Gasteiger partial charge in [-0.05, 0) is 128 Å². The summed E-state index contributed by atoms with van der Waals surface area (Å²) in [4.78, 5) is 38.3. The number of hydrogen-bond acceptors (Lipinski definition) is 6. The molecular weight excluding hydrogens is 925 g/mol. The van der Waals surface area contributed by atoms with Crippen molar-refractivity contribution < 1.29 is 28.6 Å². The van der Waals surface area contributed by atoms with E-state index in [4.69, 9.17) is 14.2 Å². The molecule has 0 bridgehead atoms. The van der Waals surface area contributed by atoms with Gasteiger partial charge in [-0.25, -0.2) is 0 Å². The van der Waals surface area contributed by atoms with Crippen LogP contribution in [0, 0.1) is 0 Å². The minimum Gasteiger partial charge on any atom is -0.462 e. The highest BCUT2D eigenvalue weighted by Crippen LogP contribution is 2.15. The van der Waals surface area contributed by atoms with Gasteiger partial charge in [0.15, 0.2) is 6.10 Å². The standard InChI is InChI=1S/C69H116O6/c1-4-7-10-13-16-19-22-25-28-31-33-34-36-39-41-44-47-50-53-56-59-62-68(71)74-65-66(75-69(72)63-60-57-54-51-48-45-42-37-30-27-24-21-18-15-12-9-6-3)64-73-67(70)61-58-55-52-49-46-43-40-38-35-32-29-26-23-20-17-14-11-8-5-2/h9,12,17-18,20-21,25-30,35,38,42-43,45-46,66H,4-8,10-11,13-16,19,22-24,31-34,36-37,39-41,44,47-65H2,1-3H3/b12-9-,20-17-,21-18-,28-25-,29-26-,30-27-,38-35-,45-42-,46-43-/t66-/m1/s1. The first-order chi connectivity index (χ1) is 37.0. The lowest BCUT2D eigenvalue weighted by Crippen LogP contribution is -2.30. The highest BCUT2D eigenvalue weighted by Gasteiger charge is 2.19. The van der Waals surface area contributed by atoms with E-state index in [1.807, 2.05) is 0 Å². The summed E-state index contributed by atoms with van der Waals surface area (Å²) in [5.74, 6) is -0.951. The molecule has 0 aromatic heterocycles. The minimum atomic E-state index is -0.808. The quantitative estimate of drug-likeness (QED) is 0.0261. The molecule has 0 aliphatic rings. The highest BCUT2D eigenvalue weighted by molar-refractivity contribution is 5.71. The zero-order valence-corrected chi connectivity index (χ0v) is 49.0. The van der Waals surface area contributed by atoms with Crippen LogP contribution in [-0.2, 0) is 28.6 Å². The molecule has 0 aliphatic carbocycles. The molecule has 0 fully saturated rings. The van der Waals surface area contributed by atoms with Crippen LogP contribution in [0.25, 0.3) is 0 Å². The van der Waals surface area contributed by atoms with E-state index in [1.165, 1.54) is 128 Å². The Balaban J connectivity index is 4.46. The molecule has 0 aromatic rings. The van der Waals surface area contributed by atoms with Crippen LogP contribution in [0.3, 0.4) is 0 Å². The second kappa shape index (κ2) is 62.6. The molecule has 428 valence electrons. The van der Waals surface area contributed by atoms with E-state index in [0.29, 0.717) is 19.3 Å². The third-order valence-corrected chi connectivity index (χ3v) is 13.2. The summed E-state index contributed by atoms with van der Waals surface area (Å²) in [6.45, 7) is 6.46. The van der Waals surface area contributed by atoms with Gasteiger partial charge < -0.3 is 14.2 Å². The summed E-state index contributed by atoms with van der Waals surface area (Å²) in [6, 6.07) is 0. The molecule has 6 heteroatoms. The third-order valence-electron chi connectivity index (χ3n) is 13.2. The molecule has 75 heavy (non-hydrogen) atoms. The van der Waals surface area contributed by atoms with E-state index in [2.05, 4.69) is 130 Å². The molecule has 0 aliphatic heterocycles. The molecule has 0 radical (unpaired) electrons. The number of rotatable bonds is 56. The molecule has 0 unspecified atom stereocenters. The fourth-order valence-electron chi connectivity index (χ4n) is 8.53. The van der Waals surface area contributed by atoms with Crippen LogP contribution in [0.4, 0.5) is 0 Å². The van der Waals surface area contributed by atoms with Crippen molar-refractivity contribution in [3.8, 4) is 0 Å². The Hall–Kier alpha value is -3.93. The first-order valence-electron chi connectivity index (χ1n) is 31.4. The van der Waals surface area contributed by atoms with Crippen molar-refractivity contribution in [3.63, 3.8) is 0 Å². The van der Waals surface area contributed by atoms with Gasteiger partial charge in [0.25, 0.3) is 0 Å². The van der Waals surface area contributed by atoms with Crippen molar-refractivity contribution in [2.24, 2.45) is 0 Å². The number of ether oxygens (including phenoxy) is 3. The van der Waals surface area contributed by atoms with Gasteiger partial charge in [0.05, 0.1) is 0 Å². The normalized spacial score (nSPS) is 12.8. The van der Waals surface area contributed by atoms with Gasteiger partial charge in [-0.2, -0.15) is 0 Å². The number of esters is 3. The maximum absolute atomic E-state index is 12.9. The largest absolute Gasteiger partial charge is 0.462 e. The fraction of sp³-hybridized carbons (Fsp3) is 0.696. The molecule has 0 heterocycles. The van der Waals surface area contributed by atoms with Crippen LogP contribution in [0.15, 0.2) is 109 Å². The number of allylic oxidation sites excluding steroid dienone is 18. The molecule has 0 spiro atoms. The number of unbranched alkanes of at least 4 members (excludes halogenated alkanes) is 27. The van der Waals surface area contributed by atoms with E-state index >= 15 is 0 Å². The monoisotopic (exact) mass is 1040 g/mol. The molecular formula is C69H116O6. The van der Waals surface area contributed by atoms with Crippen molar-refractivity contribution in [2.45, 2.75) is 297 Å². The topological polar surface area (TPSA) is 78.9 Å². The predicted octanol–water partition coefficient (Wildman–Crippen LogP) is 21.4. The van der Waals surface area contributed by atoms with Crippen molar-refractivity contribution in [1.82, 2.24) is 0 Å². The Morgan fingerprint density at radius 1 is 0.280 bits per heavy atom. The van der Waals surface area contributed by atoms with Crippen molar-refractivity contribution in [3.05, 3.63) is 109 Å². The van der Waals surface area contributed by atoms with Crippen molar-refractivity contribution >= 4 is 17.9 Å². The first-order valence-corrected chi connectivity index (χ1v) is 31.4. The van der Waals surface area contributed by atoms with Gasteiger partial charge >= 0.3 is 17.9 Å². The maximum atomic E-state index is 12.9. The highest BCUT2D eigenvalue weighted by atomic mass is 16.6. The number of carbonyl (C=O) groups is 3. The summed E-state index contributed by atoms with van der Waals surface area (Å²) in [5.41, 5.74) is 0.